The van der Waals surface area contributed by atoms with Crippen molar-refractivity contribution in [1.82, 2.24) is 0 Å². The van der Waals surface area contributed by atoms with Gasteiger partial charge in [0, 0.05) is 19.3 Å². The van der Waals surface area contributed by atoms with E-state index in [0.29, 0.717) is 19.3 Å². The van der Waals surface area contributed by atoms with Crippen LogP contribution in [0.4, 0.5) is 0 Å². The Morgan fingerprint density at radius 2 is 0.534 bits per heavy atom. The topological polar surface area (TPSA) is 78.9 Å². The molecule has 0 saturated carbocycles. The van der Waals surface area contributed by atoms with Gasteiger partial charge in [0.25, 0.3) is 0 Å². The predicted molar refractivity (Wildman–Crippen MR) is 316 cm³/mol. The maximum absolute atomic E-state index is 12.9. The molecule has 0 heterocycles. The Balaban J connectivity index is 4.28. The zero-order valence-corrected chi connectivity index (χ0v) is 48.9. The van der Waals surface area contributed by atoms with Gasteiger partial charge in [0.2, 0.25) is 0 Å². The molecule has 0 aliphatic rings. The van der Waals surface area contributed by atoms with Gasteiger partial charge in [0.05, 0.1) is 0 Å². The van der Waals surface area contributed by atoms with Crippen LogP contribution in [-0.2, 0) is 28.6 Å². The summed E-state index contributed by atoms with van der Waals surface area (Å²) in [6, 6.07) is 0. The van der Waals surface area contributed by atoms with Gasteiger partial charge in [-0.15, -0.1) is 0 Å². The summed E-state index contributed by atoms with van der Waals surface area (Å²) in [7, 11) is 0. The van der Waals surface area contributed by atoms with E-state index >= 15 is 0 Å². The largest absolute Gasteiger partial charge is 0.462 e. The molecule has 0 bridgehead atoms. The van der Waals surface area contributed by atoms with Gasteiger partial charge in [-0.05, 0) is 57.8 Å². The van der Waals surface area contributed by atoms with E-state index in [2.05, 4.69) is 69.4 Å². The van der Waals surface area contributed by atoms with Gasteiger partial charge >= 0.3 is 17.9 Å². The molecule has 73 heavy (non-hydrogen) atoms. The van der Waals surface area contributed by atoms with Crippen LogP contribution in [0.5, 0.6) is 0 Å². The standard InChI is InChI=1S/C67H122O6/c1-4-7-10-13-16-19-22-25-27-29-31-32-33-34-36-37-39-42-45-48-51-54-57-60-66(69)72-63-64(62-71-65(68)59-56-53-50-47-44-41-24-21-18-15-12-9-6-3)73-67(70)61-58-55-52-49-46-43-40-38-35-30-28-26-23-20-17-14-11-8-5-2/h7,10,16,19,25,27,31-32,64H,4-6,8-9,11-15,17-18,20-24,26,28-30,33-63H2,1-3H3/b10-7-,19-16-,27-25-,32-31-. The predicted octanol–water partition coefficient (Wildman–Crippen LogP) is 21.8. The molecule has 0 aromatic carbocycles. The van der Waals surface area contributed by atoms with Crippen molar-refractivity contribution in [2.24, 2.45) is 0 Å². The number of ether oxygens (including phenoxy) is 3. The summed E-state index contributed by atoms with van der Waals surface area (Å²) >= 11 is 0. The van der Waals surface area contributed by atoms with Crippen LogP contribution in [0.1, 0.15) is 342 Å². The van der Waals surface area contributed by atoms with Gasteiger partial charge in [0.15, 0.2) is 6.10 Å². The average molecular weight is 1020 g/mol. The minimum Gasteiger partial charge on any atom is -0.462 e. The first-order valence-corrected chi connectivity index (χ1v) is 32.1. The smallest absolute Gasteiger partial charge is 0.306 e. The van der Waals surface area contributed by atoms with Crippen LogP contribution in [0.25, 0.3) is 0 Å². The molecular weight excluding hydrogens is 901 g/mol. The maximum atomic E-state index is 12.9. The fourth-order valence-electron chi connectivity index (χ4n) is 9.56. The quantitative estimate of drug-likeness (QED) is 0.0261. The molecule has 0 N–H and O–H groups in total. The van der Waals surface area contributed by atoms with Crippen molar-refractivity contribution in [1.29, 1.82) is 0 Å². The van der Waals surface area contributed by atoms with Crippen molar-refractivity contribution in [3.8, 4) is 0 Å². The Morgan fingerprint density at radius 1 is 0.288 bits per heavy atom. The van der Waals surface area contributed by atoms with Crippen LogP contribution in [0.2, 0.25) is 0 Å². The molecule has 0 rings (SSSR count). The van der Waals surface area contributed by atoms with Crippen molar-refractivity contribution in [3.63, 3.8) is 0 Å². The molecule has 1 unspecified atom stereocenters. The highest BCUT2D eigenvalue weighted by Gasteiger charge is 2.19. The molecule has 0 aliphatic carbocycles. The third-order valence-electron chi connectivity index (χ3n) is 14.3. The van der Waals surface area contributed by atoms with Gasteiger partial charge in [-0.3, -0.25) is 14.4 Å². The first kappa shape index (κ1) is 70.4. The lowest BCUT2D eigenvalue weighted by atomic mass is 10.0. The van der Waals surface area contributed by atoms with Crippen LogP contribution in [0, 0.1) is 0 Å². The second kappa shape index (κ2) is 61.9. The lowest BCUT2D eigenvalue weighted by molar-refractivity contribution is -0.167. The number of hydrogen-bond donors (Lipinski definition) is 0. The van der Waals surface area contributed by atoms with Crippen LogP contribution < -0.4 is 0 Å². The maximum Gasteiger partial charge on any atom is 0.306 e. The molecular formula is C67H122O6. The highest BCUT2D eigenvalue weighted by Crippen LogP contribution is 2.18. The monoisotopic (exact) mass is 1020 g/mol. The Bertz CT molecular complexity index is 1270. The normalized spacial score (nSPS) is 12.3. The van der Waals surface area contributed by atoms with Gasteiger partial charge in [-0.2, -0.15) is 0 Å². The Hall–Kier alpha value is -2.63. The number of carbonyl (C=O) groups excluding carboxylic acids is 3. The summed E-state index contributed by atoms with van der Waals surface area (Å²) in [6.07, 6.45) is 76.9. The summed E-state index contributed by atoms with van der Waals surface area (Å²) in [5, 5.41) is 0. The Morgan fingerprint density at radius 3 is 0.836 bits per heavy atom. The highest BCUT2D eigenvalue weighted by molar-refractivity contribution is 5.71. The highest BCUT2D eigenvalue weighted by atomic mass is 16.6. The lowest BCUT2D eigenvalue weighted by Gasteiger charge is -2.18. The summed E-state index contributed by atoms with van der Waals surface area (Å²) in [6.45, 7) is 6.58. The molecule has 6 heteroatoms. The minimum atomic E-state index is -0.771. The van der Waals surface area contributed by atoms with E-state index in [-0.39, 0.29) is 31.1 Å². The fraction of sp³-hybridized carbons (Fsp3) is 0.836. The summed E-state index contributed by atoms with van der Waals surface area (Å²) < 4.78 is 16.9. The lowest BCUT2D eigenvalue weighted by Crippen LogP contribution is -2.30. The number of allylic oxidation sites excluding steroid dienone is 8. The first-order chi connectivity index (χ1) is 36.0. The van der Waals surface area contributed by atoms with E-state index in [1.165, 1.54) is 218 Å². The van der Waals surface area contributed by atoms with Gasteiger partial charge < -0.3 is 14.2 Å². The van der Waals surface area contributed by atoms with Gasteiger partial charge in [-0.1, -0.05) is 313 Å². The van der Waals surface area contributed by atoms with E-state index in [1.807, 2.05) is 0 Å². The number of rotatable bonds is 59. The van der Waals surface area contributed by atoms with E-state index < -0.39 is 6.10 Å². The van der Waals surface area contributed by atoms with E-state index in [9.17, 15) is 14.4 Å². The van der Waals surface area contributed by atoms with Crippen molar-refractivity contribution >= 4 is 17.9 Å². The van der Waals surface area contributed by atoms with Crippen LogP contribution in [0.15, 0.2) is 48.6 Å². The summed E-state index contributed by atoms with van der Waals surface area (Å²) in [5.74, 6) is -0.849. The number of carbonyl (C=O) groups is 3. The molecule has 0 aliphatic heterocycles. The second-order valence-corrected chi connectivity index (χ2v) is 21.7. The molecule has 6 nitrogen and oxygen atoms in total. The molecule has 0 aromatic heterocycles. The van der Waals surface area contributed by atoms with E-state index in [1.54, 1.807) is 0 Å². The van der Waals surface area contributed by atoms with Gasteiger partial charge in [0.1, 0.15) is 13.2 Å². The molecule has 0 aromatic rings. The minimum absolute atomic E-state index is 0.0687. The molecule has 1 atom stereocenters. The molecule has 0 fully saturated rings. The van der Waals surface area contributed by atoms with Crippen LogP contribution >= 0.6 is 0 Å². The zero-order valence-electron chi connectivity index (χ0n) is 48.9. The van der Waals surface area contributed by atoms with Crippen molar-refractivity contribution in [3.05, 3.63) is 48.6 Å². The summed E-state index contributed by atoms with van der Waals surface area (Å²) in [4.78, 5) is 38.3. The van der Waals surface area contributed by atoms with E-state index in [4.69, 9.17) is 14.2 Å². The Kier molecular flexibility index (Phi) is 59.7. The Labute approximate surface area is 454 Å². The number of hydrogen-bond acceptors (Lipinski definition) is 6. The number of unbranched alkanes of at least 4 members (excludes halogenated alkanes) is 40. The van der Waals surface area contributed by atoms with Crippen LogP contribution in [0.3, 0.4) is 0 Å². The third-order valence-corrected chi connectivity index (χ3v) is 14.3. The molecule has 426 valence electrons. The molecule has 0 spiro atoms. The third kappa shape index (κ3) is 60.1. The molecule has 0 saturated heterocycles. The fourth-order valence-corrected chi connectivity index (χ4v) is 9.56. The van der Waals surface area contributed by atoms with Crippen molar-refractivity contribution in [2.45, 2.75) is 348 Å². The average Bonchev–Trinajstić information content (AvgIpc) is 3.39. The van der Waals surface area contributed by atoms with Gasteiger partial charge in [-0.25, -0.2) is 0 Å². The van der Waals surface area contributed by atoms with Crippen molar-refractivity contribution in [2.75, 3.05) is 13.2 Å². The molecule has 0 radical (unpaired) electrons. The zero-order chi connectivity index (χ0) is 52.9. The number of esters is 3. The van der Waals surface area contributed by atoms with E-state index in [0.717, 1.165) is 83.5 Å². The molecule has 0 amide bonds. The summed E-state index contributed by atoms with van der Waals surface area (Å²) in [5.41, 5.74) is 0. The van der Waals surface area contributed by atoms with Crippen molar-refractivity contribution < 1.29 is 28.6 Å². The first-order valence-electron chi connectivity index (χ1n) is 32.1. The van der Waals surface area contributed by atoms with Crippen LogP contribution in [-0.4, -0.2) is 37.2 Å². The second-order valence-electron chi connectivity index (χ2n) is 21.7. The SMILES string of the molecule is CC/C=C\C/C=C\C/C=C\C/C=C\CCCCCCCCCCCCC(=O)OCC(COC(=O)CCCCCCCCCCCCCCC)OC(=O)CCCCCCCCCCCCCCCCCCCCC.